The Morgan fingerprint density at radius 3 is 2.94 bits per heavy atom. The minimum Gasteiger partial charge on any atom is -0.329 e. The molecule has 0 aliphatic heterocycles. The van der Waals surface area contributed by atoms with E-state index < -0.39 is 0 Å². The molecule has 3 unspecified atom stereocenters. The van der Waals surface area contributed by atoms with E-state index in [0.717, 1.165) is 22.2 Å². The zero-order valence-corrected chi connectivity index (χ0v) is 13.3. The van der Waals surface area contributed by atoms with Crippen LogP contribution in [0.2, 0.25) is 0 Å². The van der Waals surface area contributed by atoms with Crippen molar-refractivity contribution in [1.82, 2.24) is 0 Å². The molecule has 1 nitrogen and oxygen atoms in total. The molecule has 1 aromatic carbocycles. The molecule has 0 saturated heterocycles. The van der Waals surface area contributed by atoms with Crippen LogP contribution in [-0.2, 0) is 0 Å². The minimum absolute atomic E-state index is 0.442. The van der Waals surface area contributed by atoms with Crippen molar-refractivity contribution < 1.29 is 0 Å². The lowest BCUT2D eigenvalue weighted by Crippen LogP contribution is -2.19. The van der Waals surface area contributed by atoms with E-state index in [4.69, 9.17) is 5.73 Å². The van der Waals surface area contributed by atoms with Gasteiger partial charge >= 0.3 is 0 Å². The van der Waals surface area contributed by atoms with Crippen LogP contribution in [0.15, 0.2) is 28.7 Å². The van der Waals surface area contributed by atoms with Crippen molar-refractivity contribution in [3.63, 3.8) is 0 Å². The Morgan fingerprint density at radius 2 is 2.28 bits per heavy atom. The Labute approximate surface area is 123 Å². The molecule has 1 aliphatic carbocycles. The highest BCUT2D eigenvalue weighted by atomic mass is 79.9. The highest BCUT2D eigenvalue weighted by Crippen LogP contribution is 2.40. The molecule has 1 aliphatic rings. The summed E-state index contributed by atoms with van der Waals surface area (Å²) < 4.78 is 1.15. The largest absolute Gasteiger partial charge is 0.329 e. The lowest BCUT2D eigenvalue weighted by molar-refractivity contribution is 0.393. The maximum Gasteiger partial charge on any atom is 0.0422 e. The highest BCUT2D eigenvalue weighted by Gasteiger charge is 2.23. The second kappa shape index (κ2) is 6.97. The van der Waals surface area contributed by atoms with Crippen molar-refractivity contribution in [3.8, 4) is 0 Å². The van der Waals surface area contributed by atoms with Crippen LogP contribution in [-0.4, -0.2) is 11.8 Å². The second-order valence-corrected chi connectivity index (χ2v) is 7.73. The first-order valence-corrected chi connectivity index (χ1v) is 8.53. The van der Waals surface area contributed by atoms with E-state index in [2.05, 4.69) is 58.9 Å². The van der Waals surface area contributed by atoms with Gasteiger partial charge in [-0.2, -0.15) is 0 Å². The molecular formula is C15H22BrNS. The van der Waals surface area contributed by atoms with E-state index in [1.807, 2.05) is 0 Å². The van der Waals surface area contributed by atoms with Gasteiger partial charge in [-0.1, -0.05) is 47.8 Å². The molecule has 2 rings (SSSR count). The first-order valence-electron chi connectivity index (χ1n) is 6.80. The third-order valence-electron chi connectivity index (χ3n) is 3.68. The second-order valence-electron chi connectivity index (χ2n) is 5.31. The third-order valence-corrected chi connectivity index (χ3v) is 5.78. The molecule has 1 aromatic rings. The fourth-order valence-electron chi connectivity index (χ4n) is 2.71. The van der Waals surface area contributed by atoms with Gasteiger partial charge in [0.1, 0.15) is 0 Å². The van der Waals surface area contributed by atoms with E-state index in [1.165, 1.54) is 31.2 Å². The molecule has 0 heterocycles. The van der Waals surface area contributed by atoms with Crippen LogP contribution in [0.3, 0.4) is 0 Å². The van der Waals surface area contributed by atoms with Crippen molar-refractivity contribution in [2.24, 2.45) is 11.7 Å². The molecule has 1 fully saturated rings. The summed E-state index contributed by atoms with van der Waals surface area (Å²) >= 11 is 5.63. The number of nitrogens with two attached hydrogens (primary N) is 1. The molecule has 0 aromatic heterocycles. The maximum atomic E-state index is 5.97. The summed E-state index contributed by atoms with van der Waals surface area (Å²) in [6, 6.07) is 8.58. The quantitative estimate of drug-likeness (QED) is 0.862. The molecule has 0 radical (unpaired) electrons. The van der Waals surface area contributed by atoms with Gasteiger partial charge < -0.3 is 5.73 Å². The van der Waals surface area contributed by atoms with Crippen LogP contribution in [0.1, 0.15) is 43.4 Å². The minimum atomic E-state index is 0.442. The lowest BCUT2D eigenvalue weighted by atomic mass is 9.91. The Morgan fingerprint density at radius 1 is 1.44 bits per heavy atom. The summed E-state index contributed by atoms with van der Waals surface area (Å²) in [4.78, 5) is 0. The Bertz CT molecular complexity index is 383. The predicted molar refractivity (Wildman–Crippen MR) is 84.9 cm³/mol. The molecule has 3 heteroatoms. The zero-order valence-electron chi connectivity index (χ0n) is 10.9. The first-order chi connectivity index (χ1) is 8.69. The van der Waals surface area contributed by atoms with Crippen LogP contribution in [0, 0.1) is 5.92 Å². The van der Waals surface area contributed by atoms with Crippen LogP contribution in [0.25, 0.3) is 0 Å². The van der Waals surface area contributed by atoms with E-state index in [0.29, 0.717) is 5.25 Å². The standard InChI is InChI=1S/C15H22BrNS/c1-11-4-2-7-14(8-11)18-15(10-17)12-5-3-6-13(16)9-12/h3,5-6,9,11,14-15H,2,4,7-8,10,17H2,1H3. The Kier molecular flexibility index (Phi) is 5.58. The van der Waals surface area contributed by atoms with Crippen molar-refractivity contribution in [1.29, 1.82) is 0 Å². The van der Waals surface area contributed by atoms with Crippen molar-refractivity contribution in [2.75, 3.05) is 6.54 Å². The van der Waals surface area contributed by atoms with Crippen LogP contribution in [0.4, 0.5) is 0 Å². The van der Waals surface area contributed by atoms with Gasteiger partial charge in [-0.25, -0.2) is 0 Å². The lowest BCUT2D eigenvalue weighted by Gasteiger charge is -2.29. The van der Waals surface area contributed by atoms with Gasteiger partial charge in [-0.15, -0.1) is 11.8 Å². The topological polar surface area (TPSA) is 26.0 Å². The summed E-state index contributed by atoms with van der Waals surface area (Å²) in [5, 5.41) is 1.24. The Balaban J connectivity index is 2.00. The van der Waals surface area contributed by atoms with Gasteiger partial charge in [0.05, 0.1) is 0 Å². The van der Waals surface area contributed by atoms with Crippen molar-refractivity contribution in [2.45, 2.75) is 43.1 Å². The van der Waals surface area contributed by atoms with Crippen molar-refractivity contribution >= 4 is 27.7 Å². The molecule has 3 atom stereocenters. The monoisotopic (exact) mass is 327 g/mol. The third kappa shape index (κ3) is 4.01. The smallest absolute Gasteiger partial charge is 0.0422 e. The van der Waals surface area contributed by atoms with Crippen molar-refractivity contribution in [3.05, 3.63) is 34.3 Å². The first kappa shape index (κ1) is 14.4. The molecular weight excluding hydrogens is 306 g/mol. The highest BCUT2D eigenvalue weighted by molar-refractivity contribution is 9.10. The fraction of sp³-hybridized carbons (Fsp3) is 0.600. The molecule has 100 valence electrons. The van der Waals surface area contributed by atoms with Gasteiger partial charge in [0.15, 0.2) is 0 Å². The normalized spacial score (nSPS) is 25.9. The van der Waals surface area contributed by atoms with Crippen LogP contribution >= 0.6 is 27.7 Å². The molecule has 0 bridgehead atoms. The number of hydrogen-bond acceptors (Lipinski definition) is 2. The molecule has 18 heavy (non-hydrogen) atoms. The summed E-state index contributed by atoms with van der Waals surface area (Å²) in [7, 11) is 0. The Hall–Kier alpha value is 0.01000. The number of halogens is 1. The summed E-state index contributed by atoms with van der Waals surface area (Å²) in [5.74, 6) is 0.886. The molecule has 0 amide bonds. The number of hydrogen-bond donors (Lipinski definition) is 1. The van der Waals surface area contributed by atoms with Gasteiger partial charge in [0, 0.05) is 21.5 Å². The van der Waals surface area contributed by atoms with E-state index >= 15 is 0 Å². The number of rotatable bonds is 4. The van der Waals surface area contributed by atoms with Gasteiger partial charge in [0.2, 0.25) is 0 Å². The molecule has 2 N–H and O–H groups in total. The summed E-state index contributed by atoms with van der Waals surface area (Å²) in [6.07, 6.45) is 5.50. The van der Waals surface area contributed by atoms with E-state index in [1.54, 1.807) is 0 Å². The number of thioether (sulfide) groups is 1. The van der Waals surface area contributed by atoms with Crippen LogP contribution in [0.5, 0.6) is 0 Å². The average Bonchev–Trinajstić information content (AvgIpc) is 2.36. The van der Waals surface area contributed by atoms with E-state index in [9.17, 15) is 0 Å². The summed E-state index contributed by atoms with van der Waals surface area (Å²) in [5.41, 5.74) is 7.33. The average molecular weight is 328 g/mol. The molecule has 1 saturated carbocycles. The SMILES string of the molecule is CC1CCCC(SC(CN)c2cccc(Br)c2)C1. The fourth-order valence-corrected chi connectivity index (χ4v) is 4.75. The molecule has 0 spiro atoms. The van der Waals surface area contributed by atoms with E-state index in [-0.39, 0.29) is 0 Å². The number of benzene rings is 1. The predicted octanol–water partition coefficient (Wildman–Crippen LogP) is 4.76. The summed E-state index contributed by atoms with van der Waals surface area (Å²) in [6.45, 7) is 3.11. The zero-order chi connectivity index (χ0) is 13.0. The van der Waals surface area contributed by atoms with Gasteiger partial charge in [-0.3, -0.25) is 0 Å². The maximum absolute atomic E-state index is 5.97. The van der Waals surface area contributed by atoms with Gasteiger partial charge in [0.25, 0.3) is 0 Å². The van der Waals surface area contributed by atoms with Crippen LogP contribution < -0.4 is 5.73 Å². The van der Waals surface area contributed by atoms with Gasteiger partial charge in [-0.05, 0) is 36.5 Å².